The number of nitrogens with zero attached hydrogens (tertiary/aromatic N) is 2. The molecule has 28 heavy (non-hydrogen) atoms. The number of aryl methyl sites for hydroxylation is 1. The number of aliphatic hydroxyl groups excluding tert-OH is 1. The average molecular weight is 381 g/mol. The van der Waals surface area contributed by atoms with Gasteiger partial charge in [0, 0.05) is 11.1 Å². The molecule has 0 radical (unpaired) electrons. The van der Waals surface area contributed by atoms with Crippen molar-refractivity contribution in [1.29, 1.82) is 0 Å². The summed E-state index contributed by atoms with van der Waals surface area (Å²) in [5, 5.41) is 16.4. The van der Waals surface area contributed by atoms with Crippen LogP contribution >= 0.6 is 0 Å². The summed E-state index contributed by atoms with van der Waals surface area (Å²) in [6.45, 7) is 0.987. The summed E-state index contributed by atoms with van der Waals surface area (Å²) in [6.07, 6.45) is 0. The number of benzene rings is 2. The van der Waals surface area contributed by atoms with Gasteiger partial charge in [0.15, 0.2) is 12.3 Å². The minimum absolute atomic E-state index is 0.0578. The predicted octanol–water partition coefficient (Wildman–Crippen LogP) is 1.49. The Labute approximate surface area is 160 Å². The normalized spacial score (nSPS) is 10.6. The number of aliphatic hydroxyl groups is 1. The van der Waals surface area contributed by atoms with E-state index in [1.54, 1.807) is 36.4 Å². The van der Waals surface area contributed by atoms with Crippen LogP contribution in [0.5, 0.6) is 0 Å². The number of esters is 1. The molecule has 0 aliphatic heterocycles. The highest BCUT2D eigenvalue weighted by Gasteiger charge is 2.19. The van der Waals surface area contributed by atoms with Gasteiger partial charge in [-0.05, 0) is 24.6 Å². The molecule has 2 N–H and O–H groups in total. The van der Waals surface area contributed by atoms with Crippen molar-refractivity contribution in [2.75, 3.05) is 18.5 Å². The molecule has 0 aliphatic carbocycles. The summed E-state index contributed by atoms with van der Waals surface area (Å²) >= 11 is 0. The highest BCUT2D eigenvalue weighted by atomic mass is 16.5. The van der Waals surface area contributed by atoms with Crippen LogP contribution in [0.2, 0.25) is 0 Å². The number of fused-ring (bicyclic) bond motifs is 1. The number of para-hydroxylation sites is 1. The molecule has 1 aromatic heterocycles. The van der Waals surface area contributed by atoms with Gasteiger partial charge in [-0.2, -0.15) is 5.10 Å². The van der Waals surface area contributed by atoms with E-state index in [2.05, 4.69) is 10.4 Å². The highest BCUT2D eigenvalue weighted by Crippen LogP contribution is 2.15. The van der Waals surface area contributed by atoms with Crippen molar-refractivity contribution in [3.05, 3.63) is 70.1 Å². The number of carbonyl (C=O) groups excluding carboxylic acids is 2. The minimum atomic E-state index is -0.831. The maximum absolute atomic E-state index is 12.5. The van der Waals surface area contributed by atoms with Crippen molar-refractivity contribution in [3.63, 3.8) is 0 Å². The van der Waals surface area contributed by atoms with Crippen LogP contribution < -0.4 is 10.9 Å². The molecule has 144 valence electrons. The number of carbonyl (C=O) groups is 2. The lowest BCUT2D eigenvalue weighted by atomic mass is 10.1. The number of hydrogen-bond acceptors (Lipinski definition) is 6. The van der Waals surface area contributed by atoms with E-state index in [0.29, 0.717) is 11.1 Å². The minimum Gasteiger partial charge on any atom is -0.451 e. The third kappa shape index (κ3) is 4.07. The van der Waals surface area contributed by atoms with E-state index in [9.17, 15) is 14.4 Å². The van der Waals surface area contributed by atoms with Gasteiger partial charge < -0.3 is 15.2 Å². The third-order valence-corrected chi connectivity index (χ3v) is 4.13. The second-order valence-corrected chi connectivity index (χ2v) is 6.09. The van der Waals surface area contributed by atoms with Crippen molar-refractivity contribution < 1.29 is 19.4 Å². The fraction of sp³-hybridized carbons (Fsp3) is 0.200. The average Bonchev–Trinajstić information content (AvgIpc) is 2.70. The molecule has 0 bridgehead atoms. The molecule has 8 heteroatoms. The zero-order valence-corrected chi connectivity index (χ0v) is 15.2. The van der Waals surface area contributed by atoms with E-state index in [4.69, 9.17) is 9.84 Å². The van der Waals surface area contributed by atoms with Crippen LogP contribution in [0.3, 0.4) is 0 Å². The molecule has 2 aromatic carbocycles. The van der Waals surface area contributed by atoms with E-state index in [-0.39, 0.29) is 24.2 Å². The molecule has 1 amide bonds. The molecule has 1 heterocycles. The molecule has 8 nitrogen and oxygen atoms in total. The van der Waals surface area contributed by atoms with Crippen LogP contribution in [0.15, 0.2) is 53.3 Å². The SMILES string of the molecule is Cc1ccccc1NC(=O)COC(=O)c1nn(CCO)c(=O)c2ccccc12. The number of anilines is 1. The Hall–Kier alpha value is -3.52. The zero-order valence-electron chi connectivity index (χ0n) is 15.2. The molecule has 0 unspecified atom stereocenters. The van der Waals surface area contributed by atoms with Crippen LogP contribution in [-0.4, -0.2) is 40.0 Å². The molecule has 0 aliphatic rings. The monoisotopic (exact) mass is 381 g/mol. The Morgan fingerprint density at radius 2 is 1.79 bits per heavy atom. The van der Waals surface area contributed by atoms with Crippen LogP contribution in [0.25, 0.3) is 10.8 Å². The van der Waals surface area contributed by atoms with Gasteiger partial charge in [0.25, 0.3) is 11.5 Å². The Balaban J connectivity index is 1.80. The molecule has 0 atom stereocenters. The Morgan fingerprint density at radius 1 is 1.11 bits per heavy atom. The number of aromatic nitrogens is 2. The van der Waals surface area contributed by atoms with Gasteiger partial charge in [0.1, 0.15) is 0 Å². The Bertz CT molecular complexity index is 1090. The number of amides is 1. The summed E-state index contributed by atoms with van der Waals surface area (Å²) in [6, 6.07) is 13.7. The largest absolute Gasteiger partial charge is 0.451 e. The molecule has 0 spiro atoms. The molecule has 3 aromatic rings. The second-order valence-electron chi connectivity index (χ2n) is 6.09. The number of ether oxygens (including phenoxy) is 1. The smallest absolute Gasteiger partial charge is 0.359 e. The maximum atomic E-state index is 12.5. The lowest BCUT2D eigenvalue weighted by Crippen LogP contribution is -2.28. The van der Waals surface area contributed by atoms with Gasteiger partial charge in [0.05, 0.1) is 18.5 Å². The second kappa shape index (κ2) is 8.45. The number of nitrogens with one attached hydrogen (secondary N) is 1. The van der Waals surface area contributed by atoms with Gasteiger partial charge in [0.2, 0.25) is 0 Å². The van der Waals surface area contributed by atoms with E-state index < -0.39 is 24.0 Å². The maximum Gasteiger partial charge on any atom is 0.359 e. The predicted molar refractivity (Wildman–Crippen MR) is 103 cm³/mol. The topological polar surface area (TPSA) is 111 Å². The van der Waals surface area contributed by atoms with E-state index in [1.165, 1.54) is 0 Å². The van der Waals surface area contributed by atoms with Crippen molar-refractivity contribution in [3.8, 4) is 0 Å². The fourth-order valence-corrected chi connectivity index (χ4v) is 2.73. The van der Waals surface area contributed by atoms with Gasteiger partial charge in [-0.1, -0.05) is 36.4 Å². The molecule has 3 rings (SSSR count). The van der Waals surface area contributed by atoms with Crippen LogP contribution in [-0.2, 0) is 16.1 Å². The number of rotatable bonds is 6. The summed E-state index contributed by atoms with van der Waals surface area (Å²) in [7, 11) is 0. The Kier molecular flexibility index (Phi) is 5.81. The van der Waals surface area contributed by atoms with E-state index in [0.717, 1.165) is 10.2 Å². The quantitative estimate of drug-likeness (QED) is 0.626. The van der Waals surface area contributed by atoms with Gasteiger partial charge >= 0.3 is 5.97 Å². The van der Waals surface area contributed by atoms with E-state index in [1.807, 2.05) is 19.1 Å². The van der Waals surface area contributed by atoms with Crippen molar-refractivity contribution in [2.24, 2.45) is 0 Å². The third-order valence-electron chi connectivity index (χ3n) is 4.13. The van der Waals surface area contributed by atoms with E-state index >= 15 is 0 Å². The van der Waals surface area contributed by atoms with Crippen molar-refractivity contribution in [1.82, 2.24) is 9.78 Å². The van der Waals surface area contributed by atoms with Gasteiger partial charge in [-0.25, -0.2) is 9.48 Å². The first-order chi connectivity index (χ1) is 13.5. The van der Waals surface area contributed by atoms with Crippen LogP contribution in [0.4, 0.5) is 5.69 Å². The first-order valence-electron chi connectivity index (χ1n) is 8.64. The van der Waals surface area contributed by atoms with Crippen LogP contribution in [0.1, 0.15) is 16.1 Å². The fourth-order valence-electron chi connectivity index (χ4n) is 2.73. The van der Waals surface area contributed by atoms with Crippen molar-refractivity contribution >= 4 is 28.3 Å². The highest BCUT2D eigenvalue weighted by molar-refractivity contribution is 6.03. The summed E-state index contributed by atoms with van der Waals surface area (Å²) in [5.74, 6) is -1.32. The van der Waals surface area contributed by atoms with Crippen molar-refractivity contribution in [2.45, 2.75) is 13.5 Å². The summed E-state index contributed by atoms with van der Waals surface area (Å²) in [4.78, 5) is 37.0. The number of hydrogen-bond donors (Lipinski definition) is 2. The zero-order chi connectivity index (χ0) is 20.1. The van der Waals surface area contributed by atoms with Crippen LogP contribution in [0, 0.1) is 6.92 Å². The summed E-state index contributed by atoms with van der Waals surface area (Å²) in [5.41, 5.74) is 1.00. The standard InChI is InChI=1S/C20H19N3O5/c1-13-6-2-5-9-16(13)21-17(25)12-28-20(27)18-14-7-3-4-8-15(14)19(26)23(22-18)10-11-24/h2-9,24H,10-12H2,1H3,(H,21,25). The summed E-state index contributed by atoms with van der Waals surface area (Å²) < 4.78 is 6.10. The lowest BCUT2D eigenvalue weighted by Gasteiger charge is -2.11. The van der Waals surface area contributed by atoms with Gasteiger partial charge in [-0.15, -0.1) is 0 Å². The molecule has 0 saturated heterocycles. The molecular formula is C20H19N3O5. The van der Waals surface area contributed by atoms with Gasteiger partial charge in [-0.3, -0.25) is 9.59 Å². The molecular weight excluding hydrogens is 362 g/mol. The molecule has 0 saturated carbocycles. The lowest BCUT2D eigenvalue weighted by molar-refractivity contribution is -0.119. The first-order valence-corrected chi connectivity index (χ1v) is 8.64. The first kappa shape index (κ1) is 19.2. The Morgan fingerprint density at radius 3 is 2.50 bits per heavy atom. The molecule has 0 fully saturated rings.